The standard InChI is InChI=1S/C25H28Cl2N2O4S/c1-33-14-13-25(11-2-3-12-25)24(34)29-20(23(31)32)15-16-7-9-17(10-8-16)28-22(30)21-18(26)5-4-6-19(21)27/h4-10,20H,2-3,11-15H2,1H3,(H,28,30)(H,29,34)(H,31,32). The SMILES string of the molecule is COCCC1(C(=S)NC(Cc2ccc(NC(=O)c3c(Cl)cccc3Cl)cc2)C(=O)O)CCCC1. The van der Waals surface area contributed by atoms with Crippen LogP contribution in [0.2, 0.25) is 10.0 Å². The van der Waals surface area contributed by atoms with Gasteiger partial charge in [-0.25, -0.2) is 4.79 Å². The summed E-state index contributed by atoms with van der Waals surface area (Å²) in [6.07, 6.45) is 5.08. The van der Waals surface area contributed by atoms with Crippen LogP contribution in [0, 0.1) is 5.41 Å². The van der Waals surface area contributed by atoms with Crippen LogP contribution in [-0.4, -0.2) is 41.7 Å². The first-order chi connectivity index (χ1) is 16.3. The van der Waals surface area contributed by atoms with Crippen LogP contribution in [0.1, 0.15) is 48.0 Å². The minimum absolute atomic E-state index is 0.201. The van der Waals surface area contributed by atoms with Crippen LogP contribution in [-0.2, 0) is 16.0 Å². The monoisotopic (exact) mass is 522 g/mol. The average molecular weight is 523 g/mol. The number of carboxylic acids is 1. The molecule has 2 aromatic carbocycles. The van der Waals surface area contributed by atoms with Crippen molar-refractivity contribution in [3.05, 3.63) is 63.6 Å². The van der Waals surface area contributed by atoms with Gasteiger partial charge >= 0.3 is 5.97 Å². The van der Waals surface area contributed by atoms with Crippen molar-refractivity contribution in [2.45, 2.75) is 44.6 Å². The van der Waals surface area contributed by atoms with Gasteiger partial charge in [-0.15, -0.1) is 0 Å². The molecule has 182 valence electrons. The quantitative estimate of drug-likeness (QED) is 0.344. The van der Waals surface area contributed by atoms with Gasteiger partial charge in [0.15, 0.2) is 0 Å². The van der Waals surface area contributed by atoms with Gasteiger partial charge in [0.05, 0.1) is 20.6 Å². The lowest BCUT2D eigenvalue weighted by Gasteiger charge is -2.32. The number of methoxy groups -OCH3 is 1. The number of thiocarbonyl (C=S) groups is 1. The zero-order valence-electron chi connectivity index (χ0n) is 18.9. The number of halogens is 2. The Bertz CT molecular complexity index is 1020. The van der Waals surface area contributed by atoms with Crippen molar-refractivity contribution in [2.75, 3.05) is 19.0 Å². The highest BCUT2D eigenvalue weighted by Gasteiger charge is 2.39. The lowest BCUT2D eigenvalue weighted by atomic mass is 9.82. The molecule has 9 heteroatoms. The van der Waals surface area contributed by atoms with Crippen molar-refractivity contribution in [1.29, 1.82) is 0 Å². The summed E-state index contributed by atoms with van der Waals surface area (Å²) in [5, 5.41) is 16.2. The molecule has 0 radical (unpaired) electrons. The molecule has 0 aliphatic heterocycles. The van der Waals surface area contributed by atoms with E-state index in [0.717, 1.165) is 37.7 Å². The highest BCUT2D eigenvalue weighted by atomic mass is 35.5. The molecule has 2 aromatic rings. The van der Waals surface area contributed by atoms with Gasteiger partial charge < -0.3 is 20.5 Å². The van der Waals surface area contributed by atoms with E-state index in [-0.39, 0.29) is 27.4 Å². The molecule has 3 N–H and O–H groups in total. The summed E-state index contributed by atoms with van der Waals surface area (Å²) in [6, 6.07) is 11.0. The highest BCUT2D eigenvalue weighted by Crippen LogP contribution is 2.42. The lowest BCUT2D eigenvalue weighted by molar-refractivity contribution is -0.139. The van der Waals surface area contributed by atoms with E-state index < -0.39 is 17.9 Å². The lowest BCUT2D eigenvalue weighted by Crippen LogP contribution is -2.48. The van der Waals surface area contributed by atoms with E-state index in [0.29, 0.717) is 17.3 Å². The summed E-state index contributed by atoms with van der Waals surface area (Å²) >= 11 is 17.9. The maximum atomic E-state index is 12.6. The van der Waals surface area contributed by atoms with Gasteiger partial charge in [-0.2, -0.15) is 0 Å². The zero-order valence-corrected chi connectivity index (χ0v) is 21.2. The second-order valence-corrected chi connectivity index (χ2v) is 9.77. The number of aliphatic carboxylic acids is 1. The van der Waals surface area contributed by atoms with Crippen molar-refractivity contribution in [3.8, 4) is 0 Å². The fourth-order valence-electron chi connectivity index (χ4n) is 4.32. The second kappa shape index (κ2) is 12.0. The Morgan fingerprint density at radius 1 is 1.12 bits per heavy atom. The molecule has 34 heavy (non-hydrogen) atoms. The largest absolute Gasteiger partial charge is 0.480 e. The van der Waals surface area contributed by atoms with Crippen LogP contribution in [0.4, 0.5) is 5.69 Å². The predicted octanol–water partition coefficient (Wildman–Crippen LogP) is 5.76. The van der Waals surface area contributed by atoms with Crippen LogP contribution in [0.5, 0.6) is 0 Å². The first kappa shape index (κ1) is 26.4. The van der Waals surface area contributed by atoms with Crippen molar-refractivity contribution in [3.63, 3.8) is 0 Å². The molecule has 0 spiro atoms. The summed E-state index contributed by atoms with van der Waals surface area (Å²) in [4.78, 5) is 25.2. The van der Waals surface area contributed by atoms with Crippen molar-refractivity contribution in [1.82, 2.24) is 5.32 Å². The molecule has 1 atom stereocenters. The average Bonchev–Trinajstić information content (AvgIpc) is 3.28. The Balaban J connectivity index is 1.65. The summed E-state index contributed by atoms with van der Waals surface area (Å²) in [6.45, 7) is 0.589. The minimum atomic E-state index is -0.965. The Labute approximate surface area is 215 Å². The summed E-state index contributed by atoms with van der Waals surface area (Å²) in [7, 11) is 1.66. The minimum Gasteiger partial charge on any atom is -0.480 e. The fraction of sp³-hybridized carbons (Fsp3) is 0.400. The van der Waals surface area contributed by atoms with Gasteiger partial charge in [0.1, 0.15) is 6.04 Å². The Morgan fingerprint density at radius 2 is 1.74 bits per heavy atom. The molecule has 3 rings (SSSR count). The van der Waals surface area contributed by atoms with Gasteiger partial charge in [-0.3, -0.25) is 4.79 Å². The first-order valence-electron chi connectivity index (χ1n) is 11.1. The Hall–Kier alpha value is -2.19. The van der Waals surface area contributed by atoms with Crippen molar-refractivity contribution < 1.29 is 19.4 Å². The zero-order chi connectivity index (χ0) is 24.7. The molecule has 6 nitrogen and oxygen atoms in total. The van der Waals surface area contributed by atoms with E-state index >= 15 is 0 Å². The van der Waals surface area contributed by atoms with Crippen LogP contribution >= 0.6 is 35.4 Å². The van der Waals surface area contributed by atoms with E-state index in [2.05, 4.69) is 10.6 Å². The number of ether oxygens (including phenoxy) is 1. The molecule has 1 fully saturated rings. The van der Waals surface area contributed by atoms with E-state index in [1.807, 2.05) is 0 Å². The molecule has 1 amide bonds. The molecule has 0 heterocycles. The predicted molar refractivity (Wildman–Crippen MR) is 139 cm³/mol. The number of carbonyl (C=O) groups excluding carboxylic acids is 1. The summed E-state index contributed by atoms with van der Waals surface area (Å²) < 4.78 is 5.26. The van der Waals surface area contributed by atoms with Gasteiger partial charge in [0.25, 0.3) is 5.91 Å². The highest BCUT2D eigenvalue weighted by molar-refractivity contribution is 7.80. The number of hydrogen-bond acceptors (Lipinski definition) is 4. The summed E-state index contributed by atoms with van der Waals surface area (Å²) in [5.74, 6) is -1.38. The van der Waals surface area contributed by atoms with Crippen LogP contribution in [0.25, 0.3) is 0 Å². The van der Waals surface area contributed by atoms with Crippen LogP contribution in [0.3, 0.4) is 0 Å². The number of carbonyl (C=O) groups is 2. The first-order valence-corrected chi connectivity index (χ1v) is 12.3. The normalized spacial score (nSPS) is 15.5. The van der Waals surface area contributed by atoms with Crippen LogP contribution in [0.15, 0.2) is 42.5 Å². The number of rotatable bonds is 10. The van der Waals surface area contributed by atoms with Gasteiger partial charge in [0, 0.05) is 31.2 Å². The van der Waals surface area contributed by atoms with E-state index in [1.54, 1.807) is 49.6 Å². The topological polar surface area (TPSA) is 87.7 Å². The van der Waals surface area contributed by atoms with Crippen molar-refractivity contribution in [2.24, 2.45) is 5.41 Å². The number of hydrogen-bond donors (Lipinski definition) is 3. The maximum Gasteiger partial charge on any atom is 0.326 e. The number of carboxylic acid groups (broad SMARTS) is 1. The number of amides is 1. The molecule has 1 unspecified atom stereocenters. The van der Waals surface area contributed by atoms with Gasteiger partial charge in [0.2, 0.25) is 0 Å². The molecule has 0 saturated heterocycles. The molecule has 1 aliphatic carbocycles. The third-order valence-electron chi connectivity index (χ3n) is 6.27. The number of benzene rings is 2. The third kappa shape index (κ3) is 6.48. The molecular formula is C25H28Cl2N2O4S. The molecule has 1 aliphatic rings. The maximum absolute atomic E-state index is 12.6. The van der Waals surface area contributed by atoms with Gasteiger partial charge in [-0.05, 0) is 49.1 Å². The number of anilines is 1. The van der Waals surface area contributed by atoms with Crippen molar-refractivity contribution >= 4 is 58.0 Å². The number of nitrogens with one attached hydrogen (secondary N) is 2. The third-order valence-corrected chi connectivity index (χ3v) is 7.45. The van der Waals surface area contributed by atoms with E-state index in [9.17, 15) is 14.7 Å². The smallest absolute Gasteiger partial charge is 0.326 e. The molecular weight excluding hydrogens is 495 g/mol. The Morgan fingerprint density at radius 3 is 2.29 bits per heavy atom. The molecule has 1 saturated carbocycles. The van der Waals surface area contributed by atoms with E-state index in [1.165, 1.54) is 0 Å². The fourth-order valence-corrected chi connectivity index (χ4v) is 5.34. The van der Waals surface area contributed by atoms with Crippen LogP contribution < -0.4 is 10.6 Å². The summed E-state index contributed by atoms with van der Waals surface area (Å²) in [5.41, 5.74) is 1.35. The van der Waals surface area contributed by atoms with Gasteiger partial charge in [-0.1, -0.05) is 66.5 Å². The molecule has 0 bridgehead atoms. The van der Waals surface area contributed by atoms with E-state index in [4.69, 9.17) is 40.2 Å². The second-order valence-electron chi connectivity index (χ2n) is 8.55. The molecule has 0 aromatic heterocycles. The Kier molecular flexibility index (Phi) is 9.31.